The van der Waals surface area contributed by atoms with E-state index < -0.39 is 0 Å². The monoisotopic (exact) mass is 299 g/mol. The van der Waals surface area contributed by atoms with Gasteiger partial charge in [0.05, 0.1) is 16.3 Å². The van der Waals surface area contributed by atoms with Crippen molar-refractivity contribution < 1.29 is 4.74 Å². The Kier molecular flexibility index (Phi) is 4.34. The number of rotatable bonds is 4. The van der Waals surface area contributed by atoms with Crippen LogP contribution < -0.4 is 10.1 Å². The van der Waals surface area contributed by atoms with E-state index in [9.17, 15) is 0 Å². The van der Waals surface area contributed by atoms with Gasteiger partial charge < -0.3 is 10.1 Å². The van der Waals surface area contributed by atoms with Crippen LogP contribution in [0.1, 0.15) is 11.3 Å². The van der Waals surface area contributed by atoms with Crippen LogP contribution in [0.15, 0.2) is 18.2 Å². The van der Waals surface area contributed by atoms with Gasteiger partial charge in [-0.3, -0.25) is 0 Å². The minimum absolute atomic E-state index is 0.513. The van der Waals surface area contributed by atoms with Crippen molar-refractivity contribution >= 4 is 23.2 Å². The van der Waals surface area contributed by atoms with Crippen LogP contribution in [0.3, 0.4) is 0 Å². The number of nitrogens with one attached hydrogen (secondary N) is 1. The molecule has 1 N–H and O–H groups in total. The Labute approximate surface area is 122 Å². The topological polar surface area (TPSA) is 39.1 Å². The second-order valence-corrected chi connectivity index (χ2v) is 5.04. The van der Waals surface area contributed by atoms with Crippen LogP contribution in [0.4, 0.5) is 0 Å². The minimum Gasteiger partial charge on any atom is -0.437 e. The van der Waals surface area contributed by atoms with Crippen molar-refractivity contribution in [2.24, 2.45) is 7.05 Å². The highest BCUT2D eigenvalue weighted by Crippen LogP contribution is 2.33. The third-order valence-electron chi connectivity index (χ3n) is 2.74. The Morgan fingerprint density at radius 1 is 1.37 bits per heavy atom. The average Bonchev–Trinajstić information content (AvgIpc) is 2.61. The maximum Gasteiger partial charge on any atom is 0.222 e. The van der Waals surface area contributed by atoms with Crippen LogP contribution in [0.2, 0.25) is 10.0 Å². The normalized spacial score (nSPS) is 10.8. The van der Waals surface area contributed by atoms with Gasteiger partial charge in [-0.1, -0.05) is 23.2 Å². The largest absolute Gasteiger partial charge is 0.437 e. The van der Waals surface area contributed by atoms with E-state index >= 15 is 0 Å². The van der Waals surface area contributed by atoms with Gasteiger partial charge in [0, 0.05) is 24.7 Å². The van der Waals surface area contributed by atoms with E-state index in [0.717, 1.165) is 11.3 Å². The summed E-state index contributed by atoms with van der Waals surface area (Å²) in [7, 11) is 3.71. The van der Waals surface area contributed by atoms with Gasteiger partial charge >= 0.3 is 0 Å². The summed E-state index contributed by atoms with van der Waals surface area (Å²) in [5.74, 6) is 1.19. The van der Waals surface area contributed by atoms with E-state index in [2.05, 4.69) is 10.4 Å². The van der Waals surface area contributed by atoms with E-state index in [4.69, 9.17) is 27.9 Å². The second-order valence-electron chi connectivity index (χ2n) is 4.20. The summed E-state index contributed by atoms with van der Waals surface area (Å²) in [4.78, 5) is 0. The summed E-state index contributed by atoms with van der Waals surface area (Å²) in [6.07, 6.45) is 0. The smallest absolute Gasteiger partial charge is 0.222 e. The number of aryl methyl sites for hydroxylation is 2. The van der Waals surface area contributed by atoms with Crippen LogP contribution in [-0.2, 0) is 13.6 Å². The predicted molar refractivity (Wildman–Crippen MR) is 77.2 cm³/mol. The molecule has 0 aliphatic heterocycles. The Morgan fingerprint density at radius 3 is 2.79 bits per heavy atom. The summed E-state index contributed by atoms with van der Waals surface area (Å²) >= 11 is 12.1. The van der Waals surface area contributed by atoms with E-state index in [0.29, 0.717) is 28.2 Å². The molecule has 0 aliphatic carbocycles. The number of hydrogen-bond donors (Lipinski definition) is 1. The molecule has 0 aliphatic rings. The molecule has 1 aromatic heterocycles. The highest BCUT2D eigenvalue weighted by Gasteiger charge is 2.16. The molecule has 1 heterocycles. The fourth-order valence-corrected chi connectivity index (χ4v) is 2.17. The molecule has 0 spiro atoms. The molecule has 0 saturated carbocycles. The number of benzene rings is 1. The molecular formula is C13H15Cl2N3O. The highest BCUT2D eigenvalue weighted by atomic mass is 35.5. The molecule has 6 heteroatoms. The first-order valence-corrected chi connectivity index (χ1v) is 6.58. The number of nitrogens with zero attached hydrogens (tertiary/aromatic N) is 2. The Hall–Kier alpha value is -1.23. The van der Waals surface area contributed by atoms with Crippen LogP contribution in [-0.4, -0.2) is 16.8 Å². The molecular weight excluding hydrogens is 285 g/mol. The fraction of sp³-hybridized carbons (Fsp3) is 0.308. The quantitative estimate of drug-likeness (QED) is 0.938. The van der Waals surface area contributed by atoms with Crippen molar-refractivity contribution in [3.05, 3.63) is 39.5 Å². The zero-order chi connectivity index (χ0) is 14.0. The van der Waals surface area contributed by atoms with Crippen LogP contribution >= 0.6 is 23.2 Å². The zero-order valence-electron chi connectivity index (χ0n) is 11.0. The Balaban J connectivity index is 2.40. The van der Waals surface area contributed by atoms with Gasteiger partial charge in [0.25, 0.3) is 0 Å². The molecule has 2 aromatic rings. The molecule has 0 amide bonds. The van der Waals surface area contributed by atoms with Crippen molar-refractivity contribution in [3.8, 4) is 11.6 Å². The lowest BCUT2D eigenvalue weighted by atomic mass is 10.2. The summed E-state index contributed by atoms with van der Waals surface area (Å²) in [6, 6.07) is 5.12. The Bertz CT molecular complexity index is 596. The van der Waals surface area contributed by atoms with Crippen molar-refractivity contribution in [2.45, 2.75) is 13.5 Å². The first kappa shape index (κ1) is 14.2. The second kappa shape index (κ2) is 5.82. The molecule has 4 nitrogen and oxygen atoms in total. The number of hydrogen-bond acceptors (Lipinski definition) is 3. The lowest BCUT2D eigenvalue weighted by molar-refractivity contribution is 0.425. The third kappa shape index (κ3) is 3.03. The van der Waals surface area contributed by atoms with Gasteiger partial charge in [-0.15, -0.1) is 0 Å². The maximum absolute atomic E-state index is 6.11. The average molecular weight is 300 g/mol. The molecule has 0 atom stereocenters. The van der Waals surface area contributed by atoms with Crippen LogP contribution in [0.25, 0.3) is 0 Å². The number of halogens is 2. The molecule has 0 radical (unpaired) electrons. The van der Waals surface area contributed by atoms with Gasteiger partial charge in [-0.25, -0.2) is 4.68 Å². The summed E-state index contributed by atoms with van der Waals surface area (Å²) in [6.45, 7) is 2.62. The molecule has 1 aromatic carbocycles. The number of ether oxygens (including phenoxy) is 1. The lowest BCUT2D eigenvalue weighted by Crippen LogP contribution is -2.07. The van der Waals surface area contributed by atoms with Gasteiger partial charge in [0.1, 0.15) is 5.75 Å². The van der Waals surface area contributed by atoms with Gasteiger partial charge in [-0.05, 0) is 26.1 Å². The van der Waals surface area contributed by atoms with Crippen molar-refractivity contribution in [1.29, 1.82) is 0 Å². The number of aromatic nitrogens is 2. The fourth-order valence-electron chi connectivity index (χ4n) is 1.85. The molecule has 0 fully saturated rings. The standard InChI is InChI=1S/C13H15Cl2N3O/c1-8-10(7-16-2)13(18(3)17-8)19-12-6-9(14)4-5-11(12)15/h4-6,16H,7H2,1-3H3. The van der Waals surface area contributed by atoms with E-state index in [1.165, 1.54) is 0 Å². The van der Waals surface area contributed by atoms with E-state index in [1.54, 1.807) is 22.9 Å². The summed E-state index contributed by atoms with van der Waals surface area (Å²) in [5.41, 5.74) is 1.92. The molecule has 2 rings (SSSR count). The van der Waals surface area contributed by atoms with Crippen molar-refractivity contribution in [2.75, 3.05) is 7.05 Å². The maximum atomic E-state index is 6.11. The SMILES string of the molecule is CNCc1c(C)nn(C)c1Oc1cc(Cl)ccc1Cl. The minimum atomic E-state index is 0.513. The molecule has 19 heavy (non-hydrogen) atoms. The summed E-state index contributed by atoms with van der Waals surface area (Å²) < 4.78 is 7.56. The first-order chi connectivity index (χ1) is 9.02. The van der Waals surface area contributed by atoms with Crippen molar-refractivity contribution in [3.63, 3.8) is 0 Å². The van der Waals surface area contributed by atoms with E-state index in [1.807, 2.05) is 21.0 Å². The third-order valence-corrected chi connectivity index (χ3v) is 3.29. The lowest BCUT2D eigenvalue weighted by Gasteiger charge is -2.10. The van der Waals surface area contributed by atoms with E-state index in [-0.39, 0.29) is 0 Å². The Morgan fingerprint density at radius 2 is 2.11 bits per heavy atom. The van der Waals surface area contributed by atoms with Gasteiger partial charge in [-0.2, -0.15) is 5.10 Å². The van der Waals surface area contributed by atoms with Crippen LogP contribution in [0, 0.1) is 6.92 Å². The van der Waals surface area contributed by atoms with Gasteiger partial charge in [0.2, 0.25) is 5.88 Å². The predicted octanol–water partition coefficient (Wildman–Crippen LogP) is 3.55. The highest BCUT2D eigenvalue weighted by molar-refractivity contribution is 6.34. The summed E-state index contributed by atoms with van der Waals surface area (Å²) in [5, 5.41) is 8.54. The molecule has 0 bridgehead atoms. The molecule has 0 saturated heterocycles. The van der Waals surface area contributed by atoms with Crippen molar-refractivity contribution in [1.82, 2.24) is 15.1 Å². The van der Waals surface area contributed by atoms with Crippen LogP contribution in [0.5, 0.6) is 11.6 Å². The molecule has 0 unspecified atom stereocenters. The molecule has 102 valence electrons. The first-order valence-electron chi connectivity index (χ1n) is 5.83. The van der Waals surface area contributed by atoms with Gasteiger partial charge in [0.15, 0.2) is 0 Å². The zero-order valence-corrected chi connectivity index (χ0v) is 12.5.